The third-order valence-electron chi connectivity index (χ3n) is 5.93. The van der Waals surface area contributed by atoms with Crippen molar-refractivity contribution in [3.63, 3.8) is 0 Å². The number of guanidine groups is 1. The van der Waals surface area contributed by atoms with E-state index in [1.807, 2.05) is 0 Å². The lowest BCUT2D eigenvalue weighted by Gasteiger charge is -2.40. The Balaban J connectivity index is 1.65. The molecule has 6 heteroatoms. The Morgan fingerprint density at radius 1 is 1.13 bits per heavy atom. The normalized spacial score (nSPS) is 23.3. The number of anilines is 1. The Kier molecular flexibility index (Phi) is 8.40. The van der Waals surface area contributed by atoms with Crippen molar-refractivity contribution in [2.45, 2.75) is 53.2 Å². The Hall–Kier alpha value is -1.79. The first-order valence-electron chi connectivity index (χ1n) is 11.5. The molecule has 0 aromatic heterocycles. The Morgan fingerprint density at radius 2 is 1.90 bits per heavy atom. The van der Waals surface area contributed by atoms with E-state index < -0.39 is 0 Å². The molecular weight excluding hydrogens is 376 g/mol. The topological polar surface area (TPSA) is 58.1 Å². The van der Waals surface area contributed by atoms with E-state index >= 15 is 0 Å². The molecule has 2 saturated heterocycles. The molecule has 0 amide bonds. The van der Waals surface area contributed by atoms with E-state index in [-0.39, 0.29) is 11.5 Å². The van der Waals surface area contributed by atoms with Crippen molar-refractivity contribution < 1.29 is 9.47 Å². The fraction of sp³-hybridized carbons (Fsp3) is 0.708. The zero-order valence-corrected chi connectivity index (χ0v) is 19.2. The van der Waals surface area contributed by atoms with Gasteiger partial charge in [0.1, 0.15) is 0 Å². The maximum absolute atomic E-state index is 6.14. The van der Waals surface area contributed by atoms with E-state index in [2.05, 4.69) is 67.5 Å². The van der Waals surface area contributed by atoms with Crippen molar-refractivity contribution in [2.75, 3.05) is 50.9 Å². The number of rotatable bonds is 6. The lowest BCUT2D eigenvalue weighted by Crippen LogP contribution is -2.47. The summed E-state index contributed by atoms with van der Waals surface area (Å²) in [6, 6.07) is 8.59. The maximum Gasteiger partial charge on any atom is 0.191 e. The fourth-order valence-electron chi connectivity index (χ4n) is 4.50. The zero-order valence-electron chi connectivity index (χ0n) is 19.2. The number of para-hydroxylation sites is 1. The van der Waals surface area contributed by atoms with Crippen LogP contribution in [0.2, 0.25) is 0 Å². The first-order valence-corrected chi connectivity index (χ1v) is 11.5. The van der Waals surface area contributed by atoms with Gasteiger partial charge in [0, 0.05) is 44.4 Å². The molecule has 3 rings (SSSR count). The summed E-state index contributed by atoms with van der Waals surface area (Å²) in [6.07, 6.45) is 2.62. The van der Waals surface area contributed by atoms with Gasteiger partial charge in [0.15, 0.2) is 5.96 Å². The molecule has 2 unspecified atom stereocenters. The van der Waals surface area contributed by atoms with Crippen LogP contribution >= 0.6 is 0 Å². The Bertz CT molecular complexity index is 680. The lowest BCUT2D eigenvalue weighted by atomic mass is 9.78. The van der Waals surface area contributed by atoms with Gasteiger partial charge >= 0.3 is 0 Å². The summed E-state index contributed by atoms with van der Waals surface area (Å²) in [5, 5.41) is 7.00. The monoisotopic (exact) mass is 416 g/mol. The van der Waals surface area contributed by atoms with E-state index in [1.54, 1.807) is 0 Å². The standard InChI is InChI=1S/C24H40N4O2/c1-5-25-23(27-18-20-10-8-14-30-22(20)24(2,3)4)26-17-19-9-6-7-11-21(19)28-12-15-29-16-13-28/h6-7,9,11,20,22H,5,8,10,12-18H2,1-4H3,(H2,25,26,27). The molecule has 0 radical (unpaired) electrons. The van der Waals surface area contributed by atoms with Crippen molar-refractivity contribution >= 4 is 11.6 Å². The maximum atomic E-state index is 6.14. The van der Waals surface area contributed by atoms with Gasteiger partial charge in [-0.3, -0.25) is 0 Å². The van der Waals surface area contributed by atoms with Gasteiger partial charge in [0.05, 0.1) is 25.9 Å². The molecule has 0 bridgehead atoms. The molecule has 2 N–H and O–H groups in total. The number of aliphatic imine (C=N–C) groups is 1. The molecule has 2 heterocycles. The molecule has 6 nitrogen and oxygen atoms in total. The van der Waals surface area contributed by atoms with Crippen LogP contribution in [0.4, 0.5) is 5.69 Å². The molecule has 2 aliphatic rings. The highest BCUT2D eigenvalue weighted by Gasteiger charge is 2.35. The van der Waals surface area contributed by atoms with Gasteiger partial charge < -0.3 is 25.0 Å². The third kappa shape index (κ3) is 6.35. The van der Waals surface area contributed by atoms with Crippen LogP contribution in [0.15, 0.2) is 29.3 Å². The third-order valence-corrected chi connectivity index (χ3v) is 5.93. The smallest absolute Gasteiger partial charge is 0.191 e. The molecule has 1 aromatic carbocycles. The SMILES string of the molecule is CCNC(=NCc1ccccc1N1CCOCC1)NCC1CCCOC1C(C)(C)C. The minimum atomic E-state index is 0.152. The molecule has 2 atom stereocenters. The molecule has 2 fully saturated rings. The van der Waals surface area contributed by atoms with Crippen LogP contribution in [-0.2, 0) is 16.0 Å². The quantitative estimate of drug-likeness (QED) is 0.550. The second-order valence-corrected chi connectivity index (χ2v) is 9.36. The number of hydrogen-bond donors (Lipinski definition) is 2. The van der Waals surface area contributed by atoms with Crippen molar-refractivity contribution in [3.8, 4) is 0 Å². The van der Waals surface area contributed by atoms with Crippen LogP contribution in [0.1, 0.15) is 46.1 Å². The van der Waals surface area contributed by atoms with Gasteiger partial charge in [-0.2, -0.15) is 0 Å². The van der Waals surface area contributed by atoms with E-state index in [4.69, 9.17) is 14.5 Å². The molecule has 168 valence electrons. The van der Waals surface area contributed by atoms with E-state index in [0.29, 0.717) is 12.5 Å². The van der Waals surface area contributed by atoms with Crippen LogP contribution in [-0.4, -0.2) is 58.1 Å². The molecule has 1 aromatic rings. The summed E-state index contributed by atoms with van der Waals surface area (Å²) in [4.78, 5) is 7.31. The molecule has 30 heavy (non-hydrogen) atoms. The summed E-state index contributed by atoms with van der Waals surface area (Å²) in [7, 11) is 0. The average Bonchev–Trinajstić information content (AvgIpc) is 2.76. The average molecular weight is 417 g/mol. The molecular formula is C24H40N4O2. The van der Waals surface area contributed by atoms with Gasteiger partial charge in [-0.05, 0) is 36.8 Å². The number of nitrogens with zero attached hydrogens (tertiary/aromatic N) is 2. The molecule has 0 spiro atoms. The van der Waals surface area contributed by atoms with Gasteiger partial charge in [-0.25, -0.2) is 4.99 Å². The summed E-state index contributed by atoms with van der Waals surface area (Å²) in [5.41, 5.74) is 2.68. The molecule has 0 aliphatic carbocycles. The molecule has 0 saturated carbocycles. The van der Waals surface area contributed by atoms with Crippen LogP contribution < -0.4 is 15.5 Å². The highest BCUT2D eigenvalue weighted by atomic mass is 16.5. The number of benzene rings is 1. The van der Waals surface area contributed by atoms with Crippen molar-refractivity contribution in [3.05, 3.63) is 29.8 Å². The molecule has 2 aliphatic heterocycles. The minimum absolute atomic E-state index is 0.152. The van der Waals surface area contributed by atoms with Crippen molar-refractivity contribution in [2.24, 2.45) is 16.3 Å². The van der Waals surface area contributed by atoms with Crippen LogP contribution in [0.5, 0.6) is 0 Å². The summed E-state index contributed by atoms with van der Waals surface area (Å²) < 4.78 is 11.7. The predicted octanol–water partition coefficient (Wildman–Crippen LogP) is 3.42. The second kappa shape index (κ2) is 11.0. The van der Waals surface area contributed by atoms with Crippen molar-refractivity contribution in [1.29, 1.82) is 0 Å². The van der Waals surface area contributed by atoms with E-state index in [1.165, 1.54) is 17.7 Å². The van der Waals surface area contributed by atoms with Crippen LogP contribution in [0.25, 0.3) is 0 Å². The number of hydrogen-bond acceptors (Lipinski definition) is 4. The fourth-order valence-corrected chi connectivity index (χ4v) is 4.50. The number of ether oxygens (including phenoxy) is 2. The van der Waals surface area contributed by atoms with Crippen LogP contribution in [0.3, 0.4) is 0 Å². The number of morpholine rings is 1. The summed E-state index contributed by atoms with van der Waals surface area (Å²) >= 11 is 0. The van der Waals surface area contributed by atoms with Gasteiger partial charge in [0.25, 0.3) is 0 Å². The van der Waals surface area contributed by atoms with Gasteiger partial charge in [0.2, 0.25) is 0 Å². The van der Waals surface area contributed by atoms with Gasteiger partial charge in [-0.15, -0.1) is 0 Å². The Labute approximate surface area is 182 Å². The summed E-state index contributed by atoms with van der Waals surface area (Å²) in [5.74, 6) is 1.38. The van der Waals surface area contributed by atoms with Crippen LogP contribution in [0, 0.1) is 11.3 Å². The highest BCUT2D eigenvalue weighted by Crippen LogP contribution is 2.33. The predicted molar refractivity (Wildman–Crippen MR) is 124 cm³/mol. The highest BCUT2D eigenvalue weighted by molar-refractivity contribution is 5.79. The lowest BCUT2D eigenvalue weighted by molar-refractivity contribution is -0.0835. The minimum Gasteiger partial charge on any atom is -0.378 e. The van der Waals surface area contributed by atoms with Crippen molar-refractivity contribution in [1.82, 2.24) is 10.6 Å². The second-order valence-electron chi connectivity index (χ2n) is 9.36. The zero-order chi connectivity index (χ0) is 21.4. The van der Waals surface area contributed by atoms with E-state index in [9.17, 15) is 0 Å². The number of nitrogens with one attached hydrogen (secondary N) is 2. The summed E-state index contributed by atoms with van der Waals surface area (Å²) in [6.45, 7) is 15.7. The van der Waals surface area contributed by atoms with E-state index in [0.717, 1.165) is 58.4 Å². The first-order chi connectivity index (χ1) is 14.5. The van der Waals surface area contributed by atoms with Gasteiger partial charge in [-0.1, -0.05) is 39.0 Å². The largest absolute Gasteiger partial charge is 0.378 e. The first kappa shape index (κ1) is 22.9. The Morgan fingerprint density at radius 3 is 2.63 bits per heavy atom.